The van der Waals surface area contributed by atoms with Gasteiger partial charge in [0.1, 0.15) is 0 Å². The summed E-state index contributed by atoms with van der Waals surface area (Å²) in [5.41, 5.74) is 0. The Kier molecular flexibility index (Phi) is 1.99. The Morgan fingerprint density at radius 3 is 2.00 bits per heavy atom. The standard InChI is InChI=1S/C5H2ClF3N2/c6-3-1-10-4(11-2-3)5(7,8)9/h1-2H. The fraction of sp³-hybridized carbons (Fsp3) is 0.200. The van der Waals surface area contributed by atoms with Gasteiger partial charge in [0.05, 0.1) is 5.02 Å². The van der Waals surface area contributed by atoms with Crippen molar-refractivity contribution in [3.05, 3.63) is 23.2 Å². The topological polar surface area (TPSA) is 25.8 Å². The molecule has 0 fully saturated rings. The predicted molar refractivity (Wildman–Crippen MR) is 32.0 cm³/mol. The van der Waals surface area contributed by atoms with E-state index in [1.165, 1.54) is 0 Å². The van der Waals surface area contributed by atoms with Crippen molar-refractivity contribution in [3.8, 4) is 0 Å². The molecule has 0 spiro atoms. The van der Waals surface area contributed by atoms with Crippen LogP contribution in [-0.4, -0.2) is 9.97 Å². The molecule has 11 heavy (non-hydrogen) atoms. The van der Waals surface area contributed by atoms with Crippen molar-refractivity contribution in [1.29, 1.82) is 0 Å². The van der Waals surface area contributed by atoms with Crippen LogP contribution in [-0.2, 0) is 6.18 Å². The van der Waals surface area contributed by atoms with E-state index in [0.29, 0.717) is 0 Å². The zero-order valence-electron chi connectivity index (χ0n) is 5.06. The van der Waals surface area contributed by atoms with Gasteiger partial charge in [-0.3, -0.25) is 0 Å². The molecule has 0 radical (unpaired) electrons. The summed E-state index contributed by atoms with van der Waals surface area (Å²) >= 11 is 5.27. The van der Waals surface area contributed by atoms with E-state index in [2.05, 4.69) is 9.97 Å². The molecule has 6 heteroatoms. The Labute approximate surface area is 65.0 Å². The number of halogens is 4. The monoisotopic (exact) mass is 182 g/mol. The third kappa shape index (κ3) is 2.04. The molecule has 0 unspecified atom stereocenters. The molecule has 1 heterocycles. The van der Waals surface area contributed by atoms with Crippen LogP contribution in [0.5, 0.6) is 0 Å². The molecule has 0 N–H and O–H groups in total. The molecule has 0 saturated heterocycles. The minimum absolute atomic E-state index is 0.0815. The van der Waals surface area contributed by atoms with Gasteiger partial charge >= 0.3 is 6.18 Å². The second-order valence-corrected chi connectivity index (χ2v) is 2.16. The predicted octanol–water partition coefficient (Wildman–Crippen LogP) is 2.15. The summed E-state index contributed by atoms with van der Waals surface area (Å²) in [6.45, 7) is 0. The van der Waals surface area contributed by atoms with Crippen LogP contribution in [0.2, 0.25) is 5.02 Å². The van der Waals surface area contributed by atoms with Crippen molar-refractivity contribution in [3.63, 3.8) is 0 Å². The lowest BCUT2D eigenvalue weighted by Crippen LogP contribution is -2.09. The summed E-state index contributed by atoms with van der Waals surface area (Å²) in [7, 11) is 0. The van der Waals surface area contributed by atoms with Crippen LogP contribution in [0.25, 0.3) is 0 Å². The summed E-state index contributed by atoms with van der Waals surface area (Å²) in [6.07, 6.45) is -2.70. The number of aromatic nitrogens is 2. The minimum atomic E-state index is -4.50. The molecular formula is C5H2ClF3N2. The Hall–Kier alpha value is -0.840. The van der Waals surface area contributed by atoms with E-state index >= 15 is 0 Å². The van der Waals surface area contributed by atoms with E-state index < -0.39 is 12.0 Å². The Balaban J connectivity index is 2.99. The lowest BCUT2D eigenvalue weighted by atomic mass is 10.5. The molecule has 0 aliphatic heterocycles. The molecular weight excluding hydrogens is 181 g/mol. The van der Waals surface area contributed by atoms with E-state index in [1.54, 1.807) is 0 Å². The molecule has 0 atom stereocenters. The Morgan fingerprint density at radius 2 is 1.64 bits per heavy atom. The van der Waals surface area contributed by atoms with Gasteiger partial charge in [-0.25, -0.2) is 9.97 Å². The van der Waals surface area contributed by atoms with Crippen molar-refractivity contribution in [1.82, 2.24) is 9.97 Å². The smallest absolute Gasteiger partial charge is 0.231 e. The van der Waals surface area contributed by atoms with Crippen molar-refractivity contribution in [2.45, 2.75) is 6.18 Å². The quantitative estimate of drug-likeness (QED) is 0.614. The molecule has 0 amide bonds. The first-order valence-corrected chi connectivity index (χ1v) is 2.92. The van der Waals surface area contributed by atoms with Gasteiger partial charge in [0.15, 0.2) is 0 Å². The first kappa shape index (κ1) is 8.26. The summed E-state index contributed by atoms with van der Waals surface area (Å²) in [5.74, 6) is -1.18. The molecule has 1 aromatic heterocycles. The Bertz CT molecular complexity index is 243. The number of hydrogen-bond donors (Lipinski definition) is 0. The van der Waals surface area contributed by atoms with Gasteiger partial charge in [-0.2, -0.15) is 13.2 Å². The van der Waals surface area contributed by atoms with Crippen LogP contribution in [0.15, 0.2) is 12.4 Å². The first-order chi connectivity index (χ1) is 5.00. The fourth-order valence-electron chi connectivity index (χ4n) is 0.459. The average molecular weight is 183 g/mol. The van der Waals surface area contributed by atoms with Gasteiger partial charge in [-0.1, -0.05) is 11.6 Å². The SMILES string of the molecule is FC(F)(F)c1ncc(Cl)cn1. The minimum Gasteiger partial charge on any atom is -0.231 e. The maximum Gasteiger partial charge on any atom is 0.451 e. The van der Waals surface area contributed by atoms with Crippen LogP contribution >= 0.6 is 11.6 Å². The van der Waals surface area contributed by atoms with E-state index in [9.17, 15) is 13.2 Å². The molecule has 60 valence electrons. The Morgan fingerprint density at radius 1 is 1.18 bits per heavy atom. The van der Waals surface area contributed by atoms with Gasteiger partial charge in [0.2, 0.25) is 5.82 Å². The molecule has 0 aliphatic carbocycles. The molecule has 1 aromatic rings. The van der Waals surface area contributed by atoms with E-state index in [-0.39, 0.29) is 5.02 Å². The van der Waals surface area contributed by atoms with Gasteiger partial charge in [0.25, 0.3) is 0 Å². The maximum absolute atomic E-state index is 11.8. The highest BCUT2D eigenvalue weighted by atomic mass is 35.5. The molecule has 1 rings (SSSR count). The summed E-state index contributed by atoms with van der Waals surface area (Å²) in [5, 5.41) is 0.0815. The average Bonchev–Trinajstić information content (AvgIpc) is 1.86. The zero-order valence-corrected chi connectivity index (χ0v) is 5.82. The van der Waals surface area contributed by atoms with E-state index in [4.69, 9.17) is 11.6 Å². The third-order valence-corrected chi connectivity index (χ3v) is 1.07. The van der Waals surface area contributed by atoms with Crippen molar-refractivity contribution in [2.24, 2.45) is 0 Å². The van der Waals surface area contributed by atoms with Crippen molar-refractivity contribution < 1.29 is 13.2 Å². The van der Waals surface area contributed by atoms with Crippen LogP contribution in [0.4, 0.5) is 13.2 Å². The van der Waals surface area contributed by atoms with Crippen LogP contribution in [0.1, 0.15) is 5.82 Å². The lowest BCUT2D eigenvalue weighted by Gasteiger charge is -2.02. The molecule has 0 aliphatic rings. The van der Waals surface area contributed by atoms with Gasteiger partial charge in [-0.05, 0) is 0 Å². The fourth-order valence-corrected chi connectivity index (χ4v) is 0.556. The van der Waals surface area contributed by atoms with Gasteiger partial charge in [-0.15, -0.1) is 0 Å². The largest absolute Gasteiger partial charge is 0.451 e. The normalized spacial score (nSPS) is 11.6. The van der Waals surface area contributed by atoms with Crippen LogP contribution in [0, 0.1) is 0 Å². The second-order valence-electron chi connectivity index (χ2n) is 1.72. The third-order valence-electron chi connectivity index (χ3n) is 0.874. The van der Waals surface area contributed by atoms with Crippen LogP contribution < -0.4 is 0 Å². The summed E-state index contributed by atoms with van der Waals surface area (Å²) in [6, 6.07) is 0. The highest BCUT2D eigenvalue weighted by Gasteiger charge is 2.34. The number of nitrogens with zero attached hydrogens (tertiary/aromatic N) is 2. The summed E-state index contributed by atoms with van der Waals surface area (Å²) in [4.78, 5) is 5.96. The van der Waals surface area contributed by atoms with Gasteiger partial charge in [0, 0.05) is 12.4 Å². The van der Waals surface area contributed by atoms with Crippen molar-refractivity contribution in [2.75, 3.05) is 0 Å². The highest BCUT2D eigenvalue weighted by molar-refractivity contribution is 6.30. The molecule has 0 aromatic carbocycles. The summed E-state index contributed by atoms with van der Waals surface area (Å²) < 4.78 is 35.3. The van der Waals surface area contributed by atoms with E-state index in [0.717, 1.165) is 12.4 Å². The zero-order chi connectivity index (χ0) is 8.48. The maximum atomic E-state index is 11.8. The number of hydrogen-bond acceptors (Lipinski definition) is 2. The highest BCUT2D eigenvalue weighted by Crippen LogP contribution is 2.25. The second kappa shape index (κ2) is 2.65. The number of rotatable bonds is 0. The van der Waals surface area contributed by atoms with Crippen LogP contribution in [0.3, 0.4) is 0 Å². The van der Waals surface area contributed by atoms with Crippen molar-refractivity contribution >= 4 is 11.6 Å². The molecule has 0 bridgehead atoms. The first-order valence-electron chi connectivity index (χ1n) is 2.55. The lowest BCUT2D eigenvalue weighted by molar-refractivity contribution is -0.145. The van der Waals surface area contributed by atoms with E-state index in [1.807, 2.05) is 0 Å². The molecule has 2 nitrogen and oxygen atoms in total. The number of alkyl halides is 3. The molecule has 0 saturated carbocycles. The van der Waals surface area contributed by atoms with Gasteiger partial charge < -0.3 is 0 Å².